The summed E-state index contributed by atoms with van der Waals surface area (Å²) in [6.45, 7) is 1.99. The van der Waals surface area contributed by atoms with Crippen LogP contribution in [0.1, 0.15) is 36.1 Å². The van der Waals surface area contributed by atoms with E-state index in [9.17, 15) is 9.70 Å². The van der Waals surface area contributed by atoms with Crippen LogP contribution in [0.25, 0.3) is 16.9 Å². The Hall–Kier alpha value is -4.07. The molecule has 0 saturated heterocycles. The lowest BCUT2D eigenvalue weighted by molar-refractivity contribution is -0.119. The second-order valence-electron chi connectivity index (χ2n) is 7.92. The van der Waals surface area contributed by atoms with Gasteiger partial charge in [-0.05, 0) is 41.7 Å². The second kappa shape index (κ2) is 8.22. The van der Waals surface area contributed by atoms with E-state index in [1.54, 1.807) is 12.4 Å². The molecule has 4 aromatic rings. The number of carbonyl (C=O) groups excluding carboxylic acids is 1. The van der Waals surface area contributed by atoms with Gasteiger partial charge in [0, 0.05) is 37.1 Å². The van der Waals surface area contributed by atoms with Gasteiger partial charge in [0.25, 0.3) is 0 Å². The van der Waals surface area contributed by atoms with Crippen molar-refractivity contribution < 1.29 is 4.79 Å². The molecular weight excluding hydrogens is 404 g/mol. The molecule has 2 N–H and O–H groups in total. The molecule has 5 rings (SSSR count). The Morgan fingerprint density at radius 1 is 1.22 bits per heavy atom. The van der Waals surface area contributed by atoms with E-state index < -0.39 is 0 Å². The number of nitrogens with zero attached hydrogens (tertiary/aromatic N) is 4. The summed E-state index contributed by atoms with van der Waals surface area (Å²) in [5.41, 5.74) is 6.60. The zero-order valence-corrected chi connectivity index (χ0v) is 17.6. The van der Waals surface area contributed by atoms with Gasteiger partial charge in [0.2, 0.25) is 5.91 Å². The molecule has 0 fully saturated rings. The topological polar surface area (TPSA) is 101 Å². The first-order chi connectivity index (χ1) is 15.6. The molecule has 0 aliphatic heterocycles. The normalized spacial score (nSPS) is 14.8. The Balaban J connectivity index is 1.50. The third-order valence-electron chi connectivity index (χ3n) is 5.78. The van der Waals surface area contributed by atoms with E-state index in [0.29, 0.717) is 6.54 Å². The number of benzene rings is 2. The Morgan fingerprint density at radius 2 is 2.06 bits per heavy atom. The fraction of sp³-hybridized carbons (Fsp3) is 0.208. The molecule has 1 amide bonds. The highest BCUT2D eigenvalue weighted by atomic mass is 16.3. The van der Waals surface area contributed by atoms with Crippen molar-refractivity contribution in [3.8, 4) is 11.3 Å². The Morgan fingerprint density at radius 3 is 2.84 bits per heavy atom. The number of amides is 1. The van der Waals surface area contributed by atoms with Gasteiger partial charge in [0.05, 0.1) is 6.20 Å². The molecule has 0 radical (unpaired) electrons. The van der Waals surface area contributed by atoms with Gasteiger partial charge < -0.3 is 10.6 Å². The quantitative estimate of drug-likeness (QED) is 0.441. The predicted molar refractivity (Wildman–Crippen MR) is 123 cm³/mol. The van der Waals surface area contributed by atoms with Crippen molar-refractivity contribution in [3.05, 3.63) is 82.7 Å². The van der Waals surface area contributed by atoms with Crippen LogP contribution >= 0.6 is 0 Å². The van der Waals surface area contributed by atoms with Crippen LogP contribution in [0.15, 0.2) is 66.2 Å². The van der Waals surface area contributed by atoms with E-state index >= 15 is 0 Å². The molecule has 2 aromatic heterocycles. The van der Waals surface area contributed by atoms with Crippen molar-refractivity contribution in [3.63, 3.8) is 0 Å². The lowest BCUT2D eigenvalue weighted by atomic mass is 10.1. The summed E-state index contributed by atoms with van der Waals surface area (Å²) in [6, 6.07) is 13.8. The van der Waals surface area contributed by atoms with Crippen LogP contribution in [0, 0.1) is 4.91 Å². The van der Waals surface area contributed by atoms with E-state index in [1.165, 1.54) is 6.92 Å². The number of aromatic nitrogens is 3. The van der Waals surface area contributed by atoms with Crippen molar-refractivity contribution in [1.82, 2.24) is 19.7 Å². The SMILES string of the molecule is CC(=O)NCc1ccc(-c2nc3cnccn3c2Nc2ccc3c(c2)CCC3N=O)cc1. The van der Waals surface area contributed by atoms with E-state index in [1.807, 2.05) is 47.0 Å². The molecule has 0 bridgehead atoms. The lowest BCUT2D eigenvalue weighted by Gasteiger charge is -2.11. The molecule has 1 aliphatic rings. The van der Waals surface area contributed by atoms with Gasteiger partial charge in [-0.15, -0.1) is 0 Å². The number of hydrogen-bond acceptors (Lipinski definition) is 6. The van der Waals surface area contributed by atoms with Crippen LogP contribution in [0.2, 0.25) is 0 Å². The van der Waals surface area contributed by atoms with Crippen molar-refractivity contribution in [1.29, 1.82) is 0 Å². The number of aryl methyl sites for hydroxylation is 1. The number of rotatable bonds is 6. The summed E-state index contributed by atoms with van der Waals surface area (Å²) in [6.07, 6.45) is 6.94. The third kappa shape index (κ3) is 3.71. The smallest absolute Gasteiger partial charge is 0.217 e. The van der Waals surface area contributed by atoms with Crippen LogP contribution in [-0.4, -0.2) is 20.3 Å². The summed E-state index contributed by atoms with van der Waals surface area (Å²) in [5, 5.41) is 9.57. The average molecular weight is 426 g/mol. The predicted octanol–water partition coefficient (Wildman–Crippen LogP) is 4.53. The molecule has 32 heavy (non-hydrogen) atoms. The number of hydrogen-bond donors (Lipinski definition) is 2. The Kier molecular flexibility index (Phi) is 5.10. The fourth-order valence-electron chi connectivity index (χ4n) is 4.15. The summed E-state index contributed by atoms with van der Waals surface area (Å²) in [7, 11) is 0. The van der Waals surface area contributed by atoms with Crippen LogP contribution in [0.5, 0.6) is 0 Å². The Labute approximate surface area is 184 Å². The maximum atomic E-state index is 11.2. The van der Waals surface area contributed by atoms with Crippen molar-refractivity contribution in [2.75, 3.05) is 5.32 Å². The number of fused-ring (bicyclic) bond motifs is 2. The van der Waals surface area contributed by atoms with Crippen LogP contribution in [-0.2, 0) is 17.8 Å². The monoisotopic (exact) mass is 426 g/mol. The molecule has 0 saturated carbocycles. The minimum atomic E-state index is -0.243. The highest BCUT2D eigenvalue weighted by molar-refractivity contribution is 5.80. The van der Waals surface area contributed by atoms with Gasteiger partial charge in [0.15, 0.2) is 5.65 Å². The van der Waals surface area contributed by atoms with Gasteiger partial charge in [-0.2, -0.15) is 4.91 Å². The summed E-state index contributed by atoms with van der Waals surface area (Å²) in [5.74, 6) is 0.776. The molecule has 8 heteroatoms. The van der Waals surface area contributed by atoms with Crippen molar-refractivity contribution >= 4 is 23.1 Å². The third-order valence-corrected chi connectivity index (χ3v) is 5.78. The number of nitroso groups, excluding NO2 is 1. The van der Waals surface area contributed by atoms with Crippen molar-refractivity contribution in [2.24, 2.45) is 5.18 Å². The molecule has 1 atom stereocenters. The van der Waals surface area contributed by atoms with Gasteiger partial charge in [-0.3, -0.25) is 14.2 Å². The second-order valence-corrected chi connectivity index (χ2v) is 7.92. The fourth-order valence-corrected chi connectivity index (χ4v) is 4.15. The van der Waals surface area contributed by atoms with Gasteiger partial charge in [-0.1, -0.05) is 35.5 Å². The standard InChI is InChI=1S/C24H22N6O2/c1-15(31)26-13-16-2-4-17(5-3-16)23-24(30-11-10-25-14-22(30)28-23)27-19-7-8-20-18(12-19)6-9-21(20)29-32/h2-5,7-8,10-12,14,21,27H,6,9,13H2,1H3,(H,26,31). The molecule has 160 valence electrons. The Bertz CT molecular complexity index is 1310. The highest BCUT2D eigenvalue weighted by Crippen LogP contribution is 2.37. The maximum Gasteiger partial charge on any atom is 0.217 e. The molecule has 8 nitrogen and oxygen atoms in total. The molecule has 1 unspecified atom stereocenters. The highest BCUT2D eigenvalue weighted by Gasteiger charge is 2.23. The molecule has 1 aliphatic carbocycles. The first-order valence-electron chi connectivity index (χ1n) is 10.5. The summed E-state index contributed by atoms with van der Waals surface area (Å²) in [4.78, 5) is 31.2. The average Bonchev–Trinajstić information content (AvgIpc) is 3.39. The van der Waals surface area contributed by atoms with E-state index in [-0.39, 0.29) is 11.9 Å². The van der Waals surface area contributed by atoms with Crippen molar-refractivity contribution in [2.45, 2.75) is 32.4 Å². The first kappa shape index (κ1) is 19.9. The molecular formula is C24H22N6O2. The molecule has 2 aromatic carbocycles. The van der Waals surface area contributed by atoms with Gasteiger partial charge >= 0.3 is 0 Å². The lowest BCUT2D eigenvalue weighted by Crippen LogP contribution is -2.18. The van der Waals surface area contributed by atoms with Crippen LogP contribution in [0.3, 0.4) is 0 Å². The minimum Gasteiger partial charge on any atom is -0.352 e. The molecule has 0 spiro atoms. The number of anilines is 2. The summed E-state index contributed by atoms with van der Waals surface area (Å²) >= 11 is 0. The zero-order chi connectivity index (χ0) is 22.1. The van der Waals surface area contributed by atoms with Crippen LogP contribution in [0.4, 0.5) is 11.5 Å². The van der Waals surface area contributed by atoms with Gasteiger partial charge in [-0.25, -0.2) is 4.98 Å². The largest absolute Gasteiger partial charge is 0.352 e. The number of nitrogens with one attached hydrogen (secondary N) is 2. The van der Waals surface area contributed by atoms with Crippen LogP contribution < -0.4 is 10.6 Å². The first-order valence-corrected chi connectivity index (χ1v) is 10.5. The zero-order valence-electron chi connectivity index (χ0n) is 17.6. The van der Waals surface area contributed by atoms with Gasteiger partial charge in [0.1, 0.15) is 17.6 Å². The minimum absolute atomic E-state index is 0.0574. The van der Waals surface area contributed by atoms with E-state index in [2.05, 4.69) is 26.9 Å². The van der Waals surface area contributed by atoms with E-state index in [0.717, 1.165) is 57.9 Å². The summed E-state index contributed by atoms with van der Waals surface area (Å²) < 4.78 is 1.97. The number of imidazole rings is 1. The van der Waals surface area contributed by atoms with E-state index in [4.69, 9.17) is 4.98 Å². The molecule has 2 heterocycles. The number of carbonyl (C=O) groups is 1. The maximum absolute atomic E-state index is 11.2.